The Hall–Kier alpha value is -3.00. The maximum atomic E-state index is 14.8. The first-order chi connectivity index (χ1) is 13.1. The molecule has 0 saturated carbocycles. The van der Waals surface area contributed by atoms with Crippen molar-refractivity contribution in [3.8, 4) is 11.3 Å². The second kappa shape index (κ2) is 6.96. The Labute approximate surface area is 154 Å². The molecule has 0 aromatic carbocycles. The molecule has 140 valence electrons. The maximum Gasteiger partial charge on any atom is 0.417 e. The molecule has 0 spiro atoms. The fraction of sp³-hybridized carbons (Fsp3) is 0.316. The number of aromatic nitrogens is 3. The number of halogens is 1. The van der Waals surface area contributed by atoms with Gasteiger partial charge in [0.15, 0.2) is 0 Å². The smallest absolute Gasteiger partial charge is 0.417 e. The van der Waals surface area contributed by atoms with E-state index in [0.29, 0.717) is 24.3 Å². The van der Waals surface area contributed by atoms with E-state index in [9.17, 15) is 19.4 Å². The molecule has 1 aliphatic heterocycles. The van der Waals surface area contributed by atoms with E-state index in [2.05, 4.69) is 9.97 Å². The first kappa shape index (κ1) is 17.4. The van der Waals surface area contributed by atoms with Gasteiger partial charge in [-0.2, -0.15) is 4.39 Å². The first-order valence-electron chi connectivity index (χ1n) is 8.81. The van der Waals surface area contributed by atoms with Crippen molar-refractivity contribution in [2.45, 2.75) is 12.8 Å². The predicted molar refractivity (Wildman–Crippen MR) is 98.4 cm³/mol. The Morgan fingerprint density at radius 3 is 2.70 bits per heavy atom. The van der Waals surface area contributed by atoms with E-state index in [-0.39, 0.29) is 29.4 Å². The van der Waals surface area contributed by atoms with Crippen LogP contribution in [0.25, 0.3) is 22.3 Å². The quantitative estimate of drug-likeness (QED) is 0.689. The van der Waals surface area contributed by atoms with Gasteiger partial charge in [-0.25, -0.2) is 19.3 Å². The van der Waals surface area contributed by atoms with E-state index in [4.69, 9.17) is 0 Å². The molecular formula is C19H19FN4O3. The number of pyridine rings is 2. The van der Waals surface area contributed by atoms with Gasteiger partial charge in [0.2, 0.25) is 5.95 Å². The molecule has 0 radical (unpaired) electrons. The van der Waals surface area contributed by atoms with Crippen LogP contribution in [0.5, 0.6) is 0 Å². The second-order valence-corrected chi connectivity index (χ2v) is 6.68. The highest BCUT2D eigenvalue weighted by Gasteiger charge is 2.23. The lowest BCUT2D eigenvalue weighted by Crippen LogP contribution is -2.35. The van der Waals surface area contributed by atoms with Crippen molar-refractivity contribution in [2.75, 3.05) is 24.6 Å². The number of hydrogen-bond acceptors (Lipinski definition) is 5. The summed E-state index contributed by atoms with van der Waals surface area (Å²) in [5.41, 5.74) is 0.575. The SMILES string of the molecule is O=C(O)n1c(-c2ccc(N3CCC(CO)CC3)nc2F)cc2cccnc21. The number of carboxylic acid groups (broad SMARTS) is 1. The Bertz CT molecular complexity index is 996. The molecule has 27 heavy (non-hydrogen) atoms. The van der Waals surface area contributed by atoms with Gasteiger partial charge in [-0.05, 0) is 49.1 Å². The van der Waals surface area contributed by atoms with Gasteiger partial charge in [0, 0.05) is 31.3 Å². The highest BCUT2D eigenvalue weighted by Crippen LogP contribution is 2.30. The Morgan fingerprint density at radius 1 is 1.26 bits per heavy atom. The summed E-state index contributed by atoms with van der Waals surface area (Å²) in [4.78, 5) is 21.8. The van der Waals surface area contributed by atoms with E-state index in [1.165, 1.54) is 6.20 Å². The molecule has 0 amide bonds. The van der Waals surface area contributed by atoms with Gasteiger partial charge < -0.3 is 15.1 Å². The molecule has 0 atom stereocenters. The van der Waals surface area contributed by atoms with E-state index < -0.39 is 12.0 Å². The summed E-state index contributed by atoms with van der Waals surface area (Å²) in [6, 6.07) is 8.30. The molecule has 0 unspecified atom stereocenters. The van der Waals surface area contributed by atoms with Crippen LogP contribution in [-0.2, 0) is 0 Å². The molecule has 0 bridgehead atoms. The van der Waals surface area contributed by atoms with Gasteiger partial charge >= 0.3 is 6.09 Å². The molecule has 1 aliphatic rings. The van der Waals surface area contributed by atoms with Crippen LogP contribution >= 0.6 is 0 Å². The Kier molecular flexibility index (Phi) is 4.49. The predicted octanol–water partition coefficient (Wildman–Crippen LogP) is 2.97. The van der Waals surface area contributed by atoms with Crippen LogP contribution in [0.3, 0.4) is 0 Å². The van der Waals surface area contributed by atoms with Crippen molar-refractivity contribution in [3.05, 3.63) is 42.5 Å². The van der Waals surface area contributed by atoms with Gasteiger partial charge in [-0.15, -0.1) is 0 Å². The summed E-state index contributed by atoms with van der Waals surface area (Å²) in [7, 11) is 0. The van der Waals surface area contributed by atoms with Crippen LogP contribution in [-0.4, -0.2) is 50.5 Å². The lowest BCUT2D eigenvalue weighted by molar-refractivity contribution is 0.197. The number of piperidine rings is 1. The van der Waals surface area contributed by atoms with Crippen molar-refractivity contribution >= 4 is 22.9 Å². The largest absolute Gasteiger partial charge is 0.464 e. The number of fused-ring (bicyclic) bond motifs is 1. The number of carbonyl (C=O) groups is 1. The minimum Gasteiger partial charge on any atom is -0.464 e. The van der Waals surface area contributed by atoms with Gasteiger partial charge in [0.1, 0.15) is 11.5 Å². The Morgan fingerprint density at radius 2 is 2.04 bits per heavy atom. The third-order valence-electron chi connectivity index (χ3n) is 5.06. The van der Waals surface area contributed by atoms with Crippen LogP contribution in [0.4, 0.5) is 15.0 Å². The topological polar surface area (TPSA) is 91.5 Å². The summed E-state index contributed by atoms with van der Waals surface area (Å²) in [6.07, 6.45) is 1.94. The molecule has 4 rings (SSSR count). The molecule has 0 aliphatic carbocycles. The highest BCUT2D eigenvalue weighted by molar-refractivity contribution is 5.93. The lowest BCUT2D eigenvalue weighted by Gasteiger charge is -2.32. The number of nitrogens with zero attached hydrogens (tertiary/aromatic N) is 4. The molecule has 4 heterocycles. The third kappa shape index (κ3) is 3.12. The molecule has 1 saturated heterocycles. The van der Waals surface area contributed by atoms with Crippen molar-refractivity contribution in [1.29, 1.82) is 0 Å². The highest BCUT2D eigenvalue weighted by atomic mass is 19.1. The van der Waals surface area contributed by atoms with Gasteiger partial charge in [-0.1, -0.05) is 0 Å². The summed E-state index contributed by atoms with van der Waals surface area (Å²) < 4.78 is 15.8. The van der Waals surface area contributed by atoms with Crippen molar-refractivity contribution in [3.63, 3.8) is 0 Å². The molecular weight excluding hydrogens is 351 g/mol. The molecule has 2 N–H and O–H groups in total. The number of anilines is 1. The standard InChI is InChI=1S/C19H19FN4O3/c20-17-14(3-4-16(22-17)23-8-5-12(11-25)6-9-23)15-10-13-2-1-7-21-18(13)24(15)19(26)27/h1-4,7,10,12,25H,5-6,8-9,11H2,(H,26,27). The number of aliphatic hydroxyl groups is 1. The fourth-order valence-corrected chi connectivity index (χ4v) is 3.56. The van der Waals surface area contributed by atoms with Crippen LogP contribution in [0.15, 0.2) is 36.5 Å². The summed E-state index contributed by atoms with van der Waals surface area (Å²) in [5, 5.41) is 19.4. The lowest BCUT2D eigenvalue weighted by atomic mass is 9.98. The van der Waals surface area contributed by atoms with Crippen molar-refractivity contribution < 1.29 is 19.4 Å². The number of hydrogen-bond donors (Lipinski definition) is 2. The third-order valence-corrected chi connectivity index (χ3v) is 5.06. The number of aliphatic hydroxyl groups excluding tert-OH is 1. The van der Waals surface area contributed by atoms with Crippen molar-refractivity contribution in [2.24, 2.45) is 5.92 Å². The average Bonchev–Trinajstić information content (AvgIpc) is 3.07. The van der Waals surface area contributed by atoms with E-state index in [1.54, 1.807) is 30.3 Å². The zero-order valence-corrected chi connectivity index (χ0v) is 14.5. The molecule has 1 fully saturated rings. The minimum absolute atomic E-state index is 0.115. The monoisotopic (exact) mass is 370 g/mol. The van der Waals surface area contributed by atoms with Crippen LogP contribution < -0.4 is 4.90 Å². The Balaban J connectivity index is 1.71. The van der Waals surface area contributed by atoms with Crippen LogP contribution in [0, 0.1) is 11.9 Å². The van der Waals surface area contributed by atoms with E-state index >= 15 is 0 Å². The van der Waals surface area contributed by atoms with Gasteiger partial charge in [0.25, 0.3) is 0 Å². The van der Waals surface area contributed by atoms with Crippen LogP contribution in [0.1, 0.15) is 12.8 Å². The molecule has 3 aromatic heterocycles. The first-order valence-corrected chi connectivity index (χ1v) is 8.81. The molecule has 8 heteroatoms. The summed E-state index contributed by atoms with van der Waals surface area (Å²) >= 11 is 0. The van der Waals surface area contributed by atoms with Gasteiger partial charge in [-0.3, -0.25) is 0 Å². The van der Waals surface area contributed by atoms with E-state index in [1.807, 2.05) is 4.90 Å². The fourth-order valence-electron chi connectivity index (χ4n) is 3.56. The van der Waals surface area contributed by atoms with Gasteiger partial charge in [0.05, 0.1) is 11.3 Å². The summed E-state index contributed by atoms with van der Waals surface area (Å²) in [6.45, 7) is 1.58. The van der Waals surface area contributed by atoms with E-state index in [0.717, 1.165) is 17.4 Å². The average molecular weight is 370 g/mol. The number of rotatable bonds is 3. The normalized spacial score (nSPS) is 15.4. The zero-order chi connectivity index (χ0) is 19.0. The second-order valence-electron chi connectivity index (χ2n) is 6.68. The minimum atomic E-state index is -1.23. The maximum absolute atomic E-state index is 14.8. The van der Waals surface area contributed by atoms with Crippen molar-refractivity contribution in [1.82, 2.24) is 14.5 Å². The molecule has 3 aromatic rings. The zero-order valence-electron chi connectivity index (χ0n) is 14.5. The van der Waals surface area contributed by atoms with Crippen LogP contribution in [0.2, 0.25) is 0 Å². The summed E-state index contributed by atoms with van der Waals surface area (Å²) in [5.74, 6) is 0.0787. The molecule has 7 nitrogen and oxygen atoms in total.